The van der Waals surface area contributed by atoms with Crippen LogP contribution >= 0.6 is 15.9 Å². The van der Waals surface area contributed by atoms with E-state index in [0.717, 1.165) is 11.1 Å². The van der Waals surface area contributed by atoms with E-state index in [9.17, 15) is 14.7 Å². The molecule has 184 valence electrons. The lowest BCUT2D eigenvalue weighted by molar-refractivity contribution is 0.0971. The van der Waals surface area contributed by atoms with Gasteiger partial charge in [0.2, 0.25) is 5.76 Å². The zero-order valence-corrected chi connectivity index (χ0v) is 21.8. The van der Waals surface area contributed by atoms with Gasteiger partial charge in [0.15, 0.2) is 16.9 Å². The van der Waals surface area contributed by atoms with Gasteiger partial charge in [0.05, 0.1) is 35.2 Å². The predicted molar refractivity (Wildman–Crippen MR) is 141 cm³/mol. The highest BCUT2D eigenvalue weighted by Crippen LogP contribution is 2.45. The fourth-order valence-electron chi connectivity index (χ4n) is 4.59. The van der Waals surface area contributed by atoms with E-state index in [0.29, 0.717) is 39.0 Å². The monoisotopic (exact) mass is 549 g/mol. The van der Waals surface area contributed by atoms with Crippen molar-refractivity contribution in [2.45, 2.75) is 26.8 Å². The minimum Gasteiger partial charge on any atom is -0.503 e. The van der Waals surface area contributed by atoms with Gasteiger partial charge in [0.1, 0.15) is 11.3 Å². The van der Waals surface area contributed by atoms with Crippen molar-refractivity contribution in [1.29, 1.82) is 0 Å². The molecular weight excluding hydrogens is 526 g/mol. The number of nitrogens with zero attached hydrogens (tertiary/aromatic N) is 1. The molecule has 0 bridgehead atoms. The molecule has 1 N–H and O–H groups in total. The summed E-state index contributed by atoms with van der Waals surface area (Å²) in [6, 6.07) is 13.2. The first-order chi connectivity index (χ1) is 17.2. The van der Waals surface area contributed by atoms with Crippen LogP contribution in [0.25, 0.3) is 11.0 Å². The maximum atomic E-state index is 13.9. The van der Waals surface area contributed by atoms with E-state index in [1.54, 1.807) is 48.5 Å². The first-order valence-corrected chi connectivity index (χ1v) is 12.2. The molecule has 1 amide bonds. The van der Waals surface area contributed by atoms with Crippen LogP contribution in [0.1, 0.15) is 45.8 Å². The highest BCUT2D eigenvalue weighted by molar-refractivity contribution is 9.10. The number of phenolic OH excluding ortho intramolecular Hbond substituents is 1. The van der Waals surface area contributed by atoms with Gasteiger partial charge in [0, 0.05) is 5.69 Å². The Bertz CT molecular complexity index is 1570. The molecule has 1 aliphatic rings. The highest BCUT2D eigenvalue weighted by atomic mass is 79.9. The summed E-state index contributed by atoms with van der Waals surface area (Å²) in [4.78, 5) is 29.2. The lowest BCUT2D eigenvalue weighted by Gasteiger charge is -2.26. The Kier molecular flexibility index (Phi) is 6.00. The summed E-state index contributed by atoms with van der Waals surface area (Å²) in [6.07, 6.45) is 0. The normalized spacial score (nSPS) is 14.9. The number of aromatic hydroxyl groups is 1. The molecule has 0 fully saturated rings. The molecule has 2 heterocycles. The first-order valence-electron chi connectivity index (χ1n) is 11.5. The summed E-state index contributed by atoms with van der Waals surface area (Å²) < 4.78 is 17.4. The van der Waals surface area contributed by atoms with Crippen molar-refractivity contribution in [3.8, 4) is 17.2 Å². The summed E-state index contributed by atoms with van der Waals surface area (Å²) in [5, 5.41) is 10.8. The number of hydrogen-bond acceptors (Lipinski definition) is 6. The van der Waals surface area contributed by atoms with Crippen LogP contribution in [0.4, 0.5) is 5.69 Å². The summed E-state index contributed by atoms with van der Waals surface area (Å²) in [5.41, 5.74) is 3.39. The van der Waals surface area contributed by atoms with Crippen LogP contribution < -0.4 is 19.8 Å². The molecule has 0 spiro atoms. The third-order valence-electron chi connectivity index (χ3n) is 6.50. The number of phenols is 1. The van der Waals surface area contributed by atoms with Crippen LogP contribution in [0.2, 0.25) is 0 Å². The number of carbonyl (C=O) groups excluding carboxylic acids is 1. The molecule has 7 nitrogen and oxygen atoms in total. The van der Waals surface area contributed by atoms with E-state index >= 15 is 0 Å². The molecule has 36 heavy (non-hydrogen) atoms. The van der Waals surface area contributed by atoms with Crippen molar-refractivity contribution in [1.82, 2.24) is 0 Å². The minimum atomic E-state index is -0.807. The molecule has 5 rings (SSSR count). The summed E-state index contributed by atoms with van der Waals surface area (Å²) in [6.45, 7) is 6.27. The molecule has 8 heteroatoms. The van der Waals surface area contributed by atoms with Crippen LogP contribution in [0.15, 0.2) is 62.2 Å². The van der Waals surface area contributed by atoms with E-state index in [-0.39, 0.29) is 28.3 Å². The maximum absolute atomic E-state index is 13.9. The smallest absolute Gasteiger partial charge is 0.295 e. The summed E-state index contributed by atoms with van der Waals surface area (Å²) >= 11 is 3.37. The number of rotatable bonds is 5. The van der Waals surface area contributed by atoms with E-state index < -0.39 is 11.9 Å². The molecule has 0 radical (unpaired) electrons. The second-order valence-electron chi connectivity index (χ2n) is 8.66. The van der Waals surface area contributed by atoms with Gasteiger partial charge in [-0.05, 0) is 102 Å². The van der Waals surface area contributed by atoms with Crippen molar-refractivity contribution < 1.29 is 23.8 Å². The van der Waals surface area contributed by atoms with Crippen LogP contribution in [0.3, 0.4) is 0 Å². The van der Waals surface area contributed by atoms with Crippen molar-refractivity contribution in [2.24, 2.45) is 0 Å². The number of anilines is 1. The van der Waals surface area contributed by atoms with Crippen LogP contribution in [0.5, 0.6) is 17.2 Å². The molecule has 0 aliphatic carbocycles. The molecular formula is C28H24BrNO6. The quantitative estimate of drug-likeness (QED) is 0.326. The topological polar surface area (TPSA) is 89.2 Å². The SMILES string of the molecule is CCOc1ccc(N2C(=O)c3oc4cc(C)c(C)cc4c(=O)c3C2c2cc(Br)c(O)c(OC)c2)cc1. The third kappa shape index (κ3) is 3.73. The minimum absolute atomic E-state index is 0.00204. The molecule has 1 atom stereocenters. The van der Waals surface area contributed by atoms with Gasteiger partial charge in [-0.25, -0.2) is 0 Å². The Morgan fingerprint density at radius 1 is 1.06 bits per heavy atom. The van der Waals surface area contributed by atoms with Gasteiger partial charge in [-0.1, -0.05) is 0 Å². The Labute approximate surface area is 216 Å². The van der Waals surface area contributed by atoms with E-state index in [1.807, 2.05) is 20.8 Å². The Morgan fingerprint density at radius 2 is 1.75 bits per heavy atom. The Balaban J connectivity index is 1.79. The van der Waals surface area contributed by atoms with Gasteiger partial charge in [0.25, 0.3) is 5.91 Å². The van der Waals surface area contributed by atoms with Crippen LogP contribution in [0, 0.1) is 13.8 Å². The van der Waals surface area contributed by atoms with Gasteiger partial charge < -0.3 is 19.0 Å². The van der Waals surface area contributed by atoms with Gasteiger partial charge in [-0.2, -0.15) is 0 Å². The molecule has 3 aromatic carbocycles. The van der Waals surface area contributed by atoms with Gasteiger partial charge >= 0.3 is 0 Å². The lowest BCUT2D eigenvalue weighted by Crippen LogP contribution is -2.29. The second-order valence-corrected chi connectivity index (χ2v) is 9.52. The highest BCUT2D eigenvalue weighted by Gasteiger charge is 2.44. The van der Waals surface area contributed by atoms with Crippen molar-refractivity contribution in [3.63, 3.8) is 0 Å². The van der Waals surface area contributed by atoms with E-state index in [1.165, 1.54) is 12.0 Å². The number of fused-ring (bicyclic) bond motifs is 2. The number of benzene rings is 3. The van der Waals surface area contributed by atoms with Gasteiger partial charge in [-0.3, -0.25) is 14.5 Å². The fourth-order valence-corrected chi connectivity index (χ4v) is 5.05. The van der Waals surface area contributed by atoms with Crippen molar-refractivity contribution >= 4 is 38.5 Å². The lowest BCUT2D eigenvalue weighted by atomic mass is 9.97. The van der Waals surface area contributed by atoms with E-state index in [2.05, 4.69) is 15.9 Å². The second kappa shape index (κ2) is 9.02. The fraction of sp³-hybridized carbons (Fsp3) is 0.214. The zero-order valence-electron chi connectivity index (χ0n) is 20.2. The number of aryl methyl sites for hydroxylation is 2. The number of halogens is 1. The average molecular weight is 550 g/mol. The summed E-state index contributed by atoms with van der Waals surface area (Å²) in [5.74, 6) is 0.373. The number of ether oxygens (including phenoxy) is 2. The Morgan fingerprint density at radius 3 is 2.42 bits per heavy atom. The molecule has 0 saturated carbocycles. The predicted octanol–water partition coefficient (Wildman–Crippen LogP) is 6.04. The summed E-state index contributed by atoms with van der Waals surface area (Å²) in [7, 11) is 1.44. The molecule has 1 aromatic heterocycles. The zero-order chi connectivity index (χ0) is 25.7. The van der Waals surface area contributed by atoms with E-state index in [4.69, 9.17) is 13.9 Å². The molecule has 4 aromatic rings. The van der Waals surface area contributed by atoms with Crippen LogP contribution in [-0.4, -0.2) is 24.7 Å². The molecule has 0 saturated heterocycles. The molecule has 1 aliphatic heterocycles. The van der Waals surface area contributed by atoms with Crippen LogP contribution in [-0.2, 0) is 0 Å². The number of hydrogen-bond donors (Lipinski definition) is 1. The number of carbonyl (C=O) groups is 1. The third-order valence-corrected chi connectivity index (χ3v) is 7.10. The standard InChI is InChI=1S/C28H24BrNO6/c1-5-35-18-8-6-17(7-9-18)30-24(16-12-20(29)26(32)22(13-16)34-4)23-25(31)19-10-14(2)15(3)11-21(19)36-27(23)28(30)33/h6-13,24,32H,5H2,1-4H3. The van der Waals surface area contributed by atoms with Crippen molar-refractivity contribution in [2.75, 3.05) is 18.6 Å². The average Bonchev–Trinajstić information content (AvgIpc) is 3.15. The largest absolute Gasteiger partial charge is 0.503 e. The van der Waals surface area contributed by atoms with Crippen molar-refractivity contribution in [3.05, 3.63) is 91.2 Å². The maximum Gasteiger partial charge on any atom is 0.295 e. The van der Waals surface area contributed by atoms with Gasteiger partial charge in [-0.15, -0.1) is 0 Å². The molecule has 1 unspecified atom stereocenters. The number of amides is 1. The number of methoxy groups -OCH3 is 1. The first kappa shape index (κ1) is 23.9. The Hall–Kier alpha value is -3.78.